The van der Waals surface area contributed by atoms with E-state index >= 15 is 0 Å². The van der Waals surface area contributed by atoms with Gasteiger partial charge in [-0.3, -0.25) is 19.1 Å². The maximum absolute atomic E-state index is 13.1. The lowest BCUT2D eigenvalue weighted by molar-refractivity contribution is -0.116. The molecule has 0 aliphatic rings. The molecule has 0 fully saturated rings. The largest absolute Gasteiger partial charge is 0.494 e. The predicted octanol–water partition coefficient (Wildman–Crippen LogP) is 4.84. The Hall–Kier alpha value is -4.59. The molecule has 1 heterocycles. The van der Waals surface area contributed by atoms with Crippen molar-refractivity contribution in [3.8, 4) is 11.4 Å². The molecule has 2 N–H and O–H groups in total. The molecule has 4 aromatic rings. The smallest absolute Gasteiger partial charge is 0.295 e. The van der Waals surface area contributed by atoms with Crippen LogP contribution in [0.1, 0.15) is 34.5 Å². The number of aromatic nitrogens is 2. The van der Waals surface area contributed by atoms with Gasteiger partial charge >= 0.3 is 0 Å². The fourth-order valence-electron chi connectivity index (χ4n) is 3.99. The standard InChI is InChI=1S/C29H30N4O4/c1-20-10-7-15-25(18-20)37-17-9-16-26(34)30-23-12-8-11-22(19-23)28(35)31-27-21(2)32(3)33(29(27)36)24-13-5-4-6-14-24/h4-8,10-15,18-19H,9,16-17H2,1-3H3,(H,30,34)(H,31,35). The number of hydrogen-bond donors (Lipinski definition) is 2. The summed E-state index contributed by atoms with van der Waals surface area (Å²) in [5.41, 5.74) is 3.16. The van der Waals surface area contributed by atoms with Gasteiger partial charge in [0.25, 0.3) is 11.5 Å². The third-order valence-corrected chi connectivity index (χ3v) is 6.01. The summed E-state index contributed by atoms with van der Waals surface area (Å²) in [7, 11) is 1.77. The van der Waals surface area contributed by atoms with Crippen LogP contribution in [0.15, 0.2) is 83.7 Å². The Morgan fingerprint density at radius 2 is 1.65 bits per heavy atom. The molecular formula is C29H30N4O4. The molecule has 8 heteroatoms. The Kier molecular flexibility index (Phi) is 7.88. The average molecular weight is 499 g/mol. The normalized spacial score (nSPS) is 10.7. The van der Waals surface area contributed by atoms with Crippen LogP contribution in [0.5, 0.6) is 5.75 Å². The van der Waals surface area contributed by atoms with E-state index in [-0.39, 0.29) is 23.6 Å². The molecule has 0 radical (unpaired) electrons. The average Bonchev–Trinajstić information content (AvgIpc) is 3.10. The molecule has 8 nitrogen and oxygen atoms in total. The lowest BCUT2D eigenvalue weighted by Gasteiger charge is -2.09. The topological polar surface area (TPSA) is 94.4 Å². The molecule has 0 aliphatic carbocycles. The molecule has 3 aromatic carbocycles. The Morgan fingerprint density at radius 3 is 2.41 bits per heavy atom. The Morgan fingerprint density at radius 1 is 0.892 bits per heavy atom. The summed E-state index contributed by atoms with van der Waals surface area (Å²) in [6.45, 7) is 4.20. The first-order chi connectivity index (χ1) is 17.8. The number of nitrogens with zero attached hydrogens (tertiary/aromatic N) is 2. The highest BCUT2D eigenvalue weighted by Crippen LogP contribution is 2.17. The lowest BCUT2D eigenvalue weighted by atomic mass is 10.1. The molecule has 1 aromatic heterocycles. The molecule has 190 valence electrons. The van der Waals surface area contributed by atoms with Crippen molar-refractivity contribution in [3.05, 3.63) is 106 Å². The van der Waals surface area contributed by atoms with Crippen molar-refractivity contribution in [2.75, 3.05) is 17.2 Å². The molecule has 0 saturated heterocycles. The third-order valence-electron chi connectivity index (χ3n) is 6.01. The summed E-state index contributed by atoms with van der Waals surface area (Å²) >= 11 is 0. The van der Waals surface area contributed by atoms with Crippen LogP contribution >= 0.6 is 0 Å². The minimum absolute atomic E-state index is 0.171. The van der Waals surface area contributed by atoms with Crippen molar-refractivity contribution < 1.29 is 14.3 Å². The summed E-state index contributed by atoms with van der Waals surface area (Å²) in [5.74, 6) is 0.173. The van der Waals surface area contributed by atoms with Gasteiger partial charge in [0.2, 0.25) is 5.91 Å². The van der Waals surface area contributed by atoms with Crippen LogP contribution in [0.4, 0.5) is 11.4 Å². The highest BCUT2D eigenvalue weighted by molar-refractivity contribution is 6.05. The zero-order valence-electron chi connectivity index (χ0n) is 21.2. The van der Waals surface area contributed by atoms with Crippen LogP contribution < -0.4 is 20.9 Å². The van der Waals surface area contributed by atoms with Crippen LogP contribution in [0.2, 0.25) is 0 Å². The Bertz CT molecular complexity index is 1470. The second-order valence-electron chi connectivity index (χ2n) is 8.79. The SMILES string of the molecule is Cc1cccc(OCCCC(=O)Nc2cccc(C(=O)Nc3c(C)n(C)n(-c4ccccc4)c3=O)c2)c1. The van der Waals surface area contributed by atoms with Gasteiger partial charge in [-0.05, 0) is 68.3 Å². The number of ether oxygens (including phenoxy) is 1. The fraction of sp³-hybridized carbons (Fsp3) is 0.207. The number of amides is 2. The van der Waals surface area contributed by atoms with E-state index < -0.39 is 5.91 Å². The van der Waals surface area contributed by atoms with Crippen LogP contribution in [0, 0.1) is 13.8 Å². The van der Waals surface area contributed by atoms with Crippen molar-refractivity contribution in [2.45, 2.75) is 26.7 Å². The fourth-order valence-corrected chi connectivity index (χ4v) is 3.99. The minimum Gasteiger partial charge on any atom is -0.494 e. The Balaban J connectivity index is 1.37. The number of para-hydroxylation sites is 1. The number of benzene rings is 3. The van der Waals surface area contributed by atoms with Gasteiger partial charge in [-0.1, -0.05) is 36.4 Å². The van der Waals surface area contributed by atoms with Gasteiger partial charge in [0, 0.05) is 24.7 Å². The number of nitrogens with one attached hydrogen (secondary N) is 2. The monoisotopic (exact) mass is 498 g/mol. The number of aryl methyl sites for hydroxylation is 1. The molecule has 0 bridgehead atoms. The van der Waals surface area contributed by atoms with Crippen LogP contribution in [-0.4, -0.2) is 27.8 Å². The van der Waals surface area contributed by atoms with Crippen LogP contribution in [0.25, 0.3) is 5.69 Å². The van der Waals surface area contributed by atoms with Crippen LogP contribution in [-0.2, 0) is 11.8 Å². The predicted molar refractivity (Wildman–Crippen MR) is 145 cm³/mol. The van der Waals surface area contributed by atoms with Crippen LogP contribution in [0.3, 0.4) is 0 Å². The Labute approximate surface area is 215 Å². The van der Waals surface area contributed by atoms with E-state index in [1.807, 2.05) is 61.5 Å². The van der Waals surface area contributed by atoms with Gasteiger partial charge in [0.1, 0.15) is 11.4 Å². The first-order valence-electron chi connectivity index (χ1n) is 12.1. The number of anilines is 2. The summed E-state index contributed by atoms with van der Waals surface area (Å²) in [6.07, 6.45) is 0.839. The highest BCUT2D eigenvalue weighted by Gasteiger charge is 2.19. The second-order valence-corrected chi connectivity index (χ2v) is 8.79. The zero-order chi connectivity index (χ0) is 26.4. The highest BCUT2D eigenvalue weighted by atomic mass is 16.5. The molecule has 0 saturated carbocycles. The van der Waals surface area contributed by atoms with E-state index in [1.165, 1.54) is 4.68 Å². The molecule has 0 spiro atoms. The summed E-state index contributed by atoms with van der Waals surface area (Å²) < 4.78 is 8.90. The molecule has 4 rings (SSSR count). The maximum Gasteiger partial charge on any atom is 0.295 e. The number of carbonyl (C=O) groups is 2. The van der Waals surface area contributed by atoms with E-state index in [1.54, 1.807) is 42.9 Å². The van der Waals surface area contributed by atoms with Crippen molar-refractivity contribution >= 4 is 23.2 Å². The van der Waals surface area contributed by atoms with E-state index in [2.05, 4.69) is 10.6 Å². The molecule has 0 unspecified atom stereocenters. The van der Waals surface area contributed by atoms with Gasteiger partial charge in [-0.15, -0.1) is 0 Å². The maximum atomic E-state index is 13.1. The number of rotatable bonds is 9. The third kappa shape index (κ3) is 6.16. The van der Waals surface area contributed by atoms with Gasteiger partial charge in [0.05, 0.1) is 18.0 Å². The molecular weight excluding hydrogens is 468 g/mol. The summed E-state index contributed by atoms with van der Waals surface area (Å²) in [5, 5.41) is 5.57. The minimum atomic E-state index is -0.436. The molecule has 0 aliphatic heterocycles. The van der Waals surface area contributed by atoms with Gasteiger partial charge in [-0.2, -0.15) is 0 Å². The van der Waals surface area contributed by atoms with E-state index in [9.17, 15) is 14.4 Å². The van der Waals surface area contributed by atoms with Crippen molar-refractivity contribution in [1.82, 2.24) is 9.36 Å². The van der Waals surface area contributed by atoms with E-state index in [0.29, 0.717) is 35.7 Å². The lowest BCUT2D eigenvalue weighted by Crippen LogP contribution is -2.23. The van der Waals surface area contributed by atoms with Crippen molar-refractivity contribution in [3.63, 3.8) is 0 Å². The molecule has 37 heavy (non-hydrogen) atoms. The second kappa shape index (κ2) is 11.4. The number of carbonyl (C=O) groups excluding carboxylic acids is 2. The van der Waals surface area contributed by atoms with Crippen molar-refractivity contribution in [2.24, 2.45) is 7.05 Å². The summed E-state index contributed by atoms with van der Waals surface area (Å²) in [4.78, 5) is 38.5. The first-order valence-corrected chi connectivity index (χ1v) is 12.1. The number of hydrogen-bond acceptors (Lipinski definition) is 4. The van der Waals surface area contributed by atoms with Gasteiger partial charge < -0.3 is 15.4 Å². The molecule has 0 atom stereocenters. The first kappa shape index (κ1) is 25.5. The summed E-state index contributed by atoms with van der Waals surface area (Å²) in [6, 6.07) is 23.6. The van der Waals surface area contributed by atoms with E-state index in [4.69, 9.17) is 4.74 Å². The molecule has 2 amide bonds. The van der Waals surface area contributed by atoms with Gasteiger partial charge in [-0.25, -0.2) is 4.68 Å². The zero-order valence-corrected chi connectivity index (χ0v) is 21.2. The van der Waals surface area contributed by atoms with Crippen molar-refractivity contribution in [1.29, 1.82) is 0 Å². The van der Waals surface area contributed by atoms with E-state index in [0.717, 1.165) is 11.3 Å². The quantitative estimate of drug-likeness (QED) is 0.323. The van der Waals surface area contributed by atoms with Gasteiger partial charge in [0.15, 0.2) is 0 Å².